The van der Waals surface area contributed by atoms with Crippen molar-refractivity contribution in [2.45, 2.75) is 77.6 Å². The van der Waals surface area contributed by atoms with Gasteiger partial charge in [-0.05, 0) is 75.1 Å². The molecule has 0 fully saturated rings. The van der Waals surface area contributed by atoms with Gasteiger partial charge in [0.1, 0.15) is 5.75 Å². The second kappa shape index (κ2) is 17.5. The van der Waals surface area contributed by atoms with Crippen LogP contribution in [0.3, 0.4) is 0 Å². The Morgan fingerprint density at radius 1 is 0.971 bits per heavy atom. The van der Waals surface area contributed by atoms with Crippen molar-refractivity contribution < 1.29 is 20.9 Å². The summed E-state index contributed by atoms with van der Waals surface area (Å²) in [4.78, 5) is 15.4. The minimum absolute atomic E-state index is 0.0122. The van der Waals surface area contributed by atoms with Gasteiger partial charge in [0.15, 0.2) is 0 Å². The molecule has 2 aromatic rings. The van der Waals surface area contributed by atoms with Gasteiger partial charge in [-0.25, -0.2) is 0 Å². The molecule has 2 rings (SSSR count). The Morgan fingerprint density at radius 2 is 1.62 bits per heavy atom. The van der Waals surface area contributed by atoms with Crippen molar-refractivity contribution in [1.82, 2.24) is 10.3 Å². The first-order valence-corrected chi connectivity index (χ1v) is 12.1. The number of phenols is 1. The highest BCUT2D eigenvalue weighted by molar-refractivity contribution is 5.84. The van der Waals surface area contributed by atoms with Gasteiger partial charge >= 0.3 is 0 Å². The summed E-state index contributed by atoms with van der Waals surface area (Å²) in [7, 11) is 0. The van der Waals surface area contributed by atoms with E-state index in [9.17, 15) is 9.90 Å². The van der Waals surface area contributed by atoms with Gasteiger partial charge in [0.2, 0.25) is 5.91 Å². The molecule has 1 amide bonds. The quantitative estimate of drug-likeness (QED) is 0.161. The van der Waals surface area contributed by atoms with Crippen molar-refractivity contribution in [3.63, 3.8) is 0 Å². The number of benzene rings is 1. The normalized spacial score (nSPS) is 17.9. The maximum absolute atomic E-state index is 12.2. The Balaban J connectivity index is 1.80. The lowest BCUT2D eigenvalue weighted by molar-refractivity contribution is -0.121. The third kappa shape index (κ3) is 11.7. The van der Waals surface area contributed by atoms with Gasteiger partial charge in [-0.2, -0.15) is 0 Å². The molecule has 34 heavy (non-hydrogen) atoms. The number of H-pyrrole nitrogens is 1. The third-order valence-corrected chi connectivity index (χ3v) is 5.11. The number of aromatic amines is 1. The summed E-state index contributed by atoms with van der Waals surface area (Å²) in [6.45, 7) is 2.47. The number of aromatic nitrogens is 1. The van der Waals surface area contributed by atoms with Gasteiger partial charge in [0.25, 0.3) is 0 Å². The van der Waals surface area contributed by atoms with E-state index in [1.165, 1.54) is 0 Å². The second-order valence-corrected chi connectivity index (χ2v) is 7.90. The summed E-state index contributed by atoms with van der Waals surface area (Å²) in [6, 6.07) is 4.26. The van der Waals surface area contributed by atoms with Crippen molar-refractivity contribution in [3.8, 4) is 5.75 Å². The summed E-state index contributed by atoms with van der Waals surface area (Å²) >= 11 is 0. The van der Waals surface area contributed by atoms with E-state index in [4.69, 9.17) is 11.0 Å². The van der Waals surface area contributed by atoms with E-state index in [0.717, 1.165) is 35.7 Å². The number of fused-ring (bicyclic) bond motifs is 1. The van der Waals surface area contributed by atoms with Crippen LogP contribution in [-0.4, -0.2) is 22.5 Å². The molecule has 0 aliphatic rings. The summed E-state index contributed by atoms with van der Waals surface area (Å²) in [5.74, 6) is 0.00723. The van der Waals surface area contributed by atoms with Crippen molar-refractivity contribution in [2.24, 2.45) is 0 Å². The molecule has 4 nitrogen and oxygen atoms in total. The average molecular weight is 479 g/mol. The van der Waals surface area contributed by atoms with Crippen LogP contribution >= 0.6 is 0 Å². The molecule has 4 heteroatoms. The molecule has 0 radical (unpaired) electrons. The van der Waals surface area contributed by atoms with E-state index in [0.29, 0.717) is 25.8 Å². The lowest BCUT2D eigenvalue weighted by Gasteiger charge is -2.04. The molecule has 1 aromatic heterocycles. The highest BCUT2D eigenvalue weighted by atomic mass is 16.3. The average Bonchev–Trinajstić information content (AvgIpc) is 3.34. The van der Waals surface area contributed by atoms with E-state index >= 15 is 0 Å². The zero-order chi connectivity index (χ0) is 31.2. The number of rotatable bonds is 17. The van der Waals surface area contributed by atoms with Gasteiger partial charge in [-0.1, -0.05) is 68.2 Å². The maximum atomic E-state index is 12.2. The SMILES string of the molecule is [3H]/C(CCCCC)=C(\[3H])C/C([3H])=C(/[3H])C/C([3H])=C(/[3H])C/C([3H])=C(/[3H])CCCC(=O)NCCc1c[nH]c2ccc(O)cc12. The third-order valence-electron chi connectivity index (χ3n) is 5.11. The number of phenolic OH excluding ortho intramolecular Hbond substituents is 1. The van der Waals surface area contributed by atoms with Crippen LogP contribution in [0.5, 0.6) is 5.75 Å². The van der Waals surface area contributed by atoms with E-state index < -0.39 is 0 Å². The summed E-state index contributed by atoms with van der Waals surface area (Å²) in [5.41, 5.74) is 1.89. The molecule has 1 heterocycles. The van der Waals surface area contributed by atoms with Crippen molar-refractivity contribution in [2.75, 3.05) is 6.54 Å². The van der Waals surface area contributed by atoms with Crippen LogP contribution in [0.15, 0.2) is 72.8 Å². The highest BCUT2D eigenvalue weighted by Gasteiger charge is 2.05. The number of carbonyl (C=O) groups is 1. The van der Waals surface area contributed by atoms with Crippen molar-refractivity contribution >= 4 is 16.8 Å². The fraction of sp³-hybridized carbons (Fsp3) is 0.433. The molecule has 184 valence electrons. The smallest absolute Gasteiger partial charge is 0.220 e. The van der Waals surface area contributed by atoms with Gasteiger partial charge in [-0.3, -0.25) is 4.79 Å². The Labute approximate surface area is 216 Å². The van der Waals surface area contributed by atoms with Crippen LogP contribution in [-0.2, 0) is 11.2 Å². The van der Waals surface area contributed by atoms with E-state index in [1.807, 2.05) is 6.20 Å². The molecule has 0 unspecified atom stereocenters. The lowest BCUT2D eigenvalue weighted by Crippen LogP contribution is -2.25. The fourth-order valence-electron chi connectivity index (χ4n) is 3.28. The monoisotopic (exact) mass is 478 g/mol. The van der Waals surface area contributed by atoms with Crippen LogP contribution in [0.25, 0.3) is 10.9 Å². The number of aromatic hydroxyl groups is 1. The molecule has 0 spiro atoms. The lowest BCUT2D eigenvalue weighted by atomic mass is 10.1. The summed E-state index contributed by atoms with van der Waals surface area (Å²) in [6.07, 6.45) is 5.71. The number of unbranched alkanes of at least 4 members (excludes halogenated alkanes) is 2. The molecule has 0 bridgehead atoms. The van der Waals surface area contributed by atoms with Gasteiger partial charge in [0, 0.05) is 30.1 Å². The fourth-order valence-corrected chi connectivity index (χ4v) is 3.28. The number of carbonyl (C=O) groups excluding carboxylic acids is 1. The Hall–Kier alpha value is -3.01. The summed E-state index contributed by atoms with van der Waals surface area (Å²) < 4.78 is 64.5. The Kier molecular flexibility index (Phi) is 8.95. The minimum atomic E-state index is -0.283. The molecule has 0 aliphatic heterocycles. The Morgan fingerprint density at radius 3 is 2.29 bits per heavy atom. The van der Waals surface area contributed by atoms with Crippen molar-refractivity contribution in [3.05, 3.63) is 78.4 Å². The number of hydrogen-bond donors (Lipinski definition) is 3. The molecular weight excluding hydrogens is 420 g/mol. The molecule has 0 saturated carbocycles. The predicted octanol–water partition coefficient (Wildman–Crippen LogP) is 7.68. The predicted molar refractivity (Wildman–Crippen MR) is 145 cm³/mol. The van der Waals surface area contributed by atoms with Crippen molar-refractivity contribution in [1.29, 1.82) is 0 Å². The van der Waals surface area contributed by atoms with Crippen LogP contribution in [0, 0.1) is 0 Å². The number of hydrogen-bond acceptors (Lipinski definition) is 2. The first kappa shape index (κ1) is 17.4. The highest BCUT2D eigenvalue weighted by Crippen LogP contribution is 2.23. The first-order chi connectivity index (χ1) is 19.9. The Bertz CT molecular complexity index is 1340. The largest absolute Gasteiger partial charge is 0.508 e. The van der Waals surface area contributed by atoms with E-state index in [1.54, 1.807) is 18.2 Å². The zero-order valence-corrected chi connectivity index (χ0v) is 20.2. The topological polar surface area (TPSA) is 65.1 Å². The van der Waals surface area contributed by atoms with E-state index in [-0.39, 0.29) is 92.2 Å². The standard InChI is InChI=1S/C30H42N2O2/c1-2-3-4-5-6-7-8-9-10-11-12-13-14-15-16-17-18-19-30(34)31-23-22-26-25-32-29-21-20-27(33)24-28(26)29/h6-7,9-10,12-13,15-16,20-21,24-25,32-33H,2-5,8,11,14,17-19,22-23H2,1H3,(H,31,34)/b7-6-,10-9-,13-12-,16-15-/i6T,7T,9T,10T,12T,13T,15T,16T. The number of nitrogens with one attached hydrogen (secondary N) is 2. The van der Waals surface area contributed by atoms with Crippen LogP contribution in [0.4, 0.5) is 0 Å². The first-order valence-electron chi connectivity index (χ1n) is 16.1. The van der Waals surface area contributed by atoms with Crippen LogP contribution in [0.2, 0.25) is 0 Å². The van der Waals surface area contributed by atoms with Crippen LogP contribution < -0.4 is 5.32 Å². The molecule has 0 saturated heterocycles. The minimum Gasteiger partial charge on any atom is -0.508 e. The van der Waals surface area contributed by atoms with Gasteiger partial charge in [-0.15, -0.1) is 0 Å². The molecule has 0 aliphatic carbocycles. The number of allylic oxidation sites excluding steroid dienone is 8. The second-order valence-electron chi connectivity index (χ2n) is 7.90. The number of amides is 1. The molecule has 0 atom stereocenters. The zero-order valence-electron chi connectivity index (χ0n) is 28.2. The van der Waals surface area contributed by atoms with Crippen LogP contribution in [0.1, 0.15) is 87.7 Å². The maximum Gasteiger partial charge on any atom is 0.220 e. The van der Waals surface area contributed by atoms with Gasteiger partial charge < -0.3 is 15.4 Å². The summed E-state index contributed by atoms with van der Waals surface area (Å²) in [5, 5.41) is 13.4. The molecule has 3 N–H and O–H groups in total. The molecule has 1 aromatic carbocycles. The van der Waals surface area contributed by atoms with E-state index in [2.05, 4.69) is 17.2 Å². The van der Waals surface area contributed by atoms with Gasteiger partial charge in [0.05, 0.1) is 11.0 Å². The molecular formula is C30H42N2O2.